The average molecular weight is 382 g/mol. The quantitative estimate of drug-likeness (QED) is 0.571. The van der Waals surface area contributed by atoms with Crippen LogP contribution in [-0.2, 0) is 16.0 Å². The highest BCUT2D eigenvalue weighted by atomic mass is 19.1. The predicted molar refractivity (Wildman–Crippen MR) is 103 cm³/mol. The maximum Gasteiger partial charge on any atom is 0.327 e. The van der Waals surface area contributed by atoms with Gasteiger partial charge >= 0.3 is 5.69 Å². The molecule has 0 aliphatic carbocycles. The number of nitrogens with one attached hydrogen (secondary N) is 2. The number of hydrogen-bond donors (Lipinski definition) is 2. The fraction of sp³-hybridized carbons (Fsp3) is 0.300. The van der Waals surface area contributed by atoms with Crippen molar-refractivity contribution >= 4 is 22.1 Å². The number of aryl methyl sites for hydroxylation is 1. The summed E-state index contributed by atoms with van der Waals surface area (Å²) in [7, 11) is 0. The van der Waals surface area contributed by atoms with Crippen LogP contribution in [0.25, 0.3) is 33.2 Å². The van der Waals surface area contributed by atoms with Crippen molar-refractivity contribution in [3.05, 3.63) is 52.5 Å². The molecule has 0 radical (unpaired) electrons. The van der Waals surface area contributed by atoms with E-state index >= 15 is 0 Å². The summed E-state index contributed by atoms with van der Waals surface area (Å²) in [5.74, 6) is -0.320. The van der Waals surface area contributed by atoms with Crippen LogP contribution in [0.3, 0.4) is 0 Å². The number of aromatic nitrogens is 4. The highest BCUT2D eigenvalue weighted by Gasteiger charge is 2.19. The van der Waals surface area contributed by atoms with Crippen LogP contribution in [-0.4, -0.2) is 45.4 Å². The Bertz CT molecular complexity index is 1230. The molecule has 3 aromatic heterocycles. The van der Waals surface area contributed by atoms with Gasteiger partial charge in [0, 0.05) is 23.3 Å². The second-order valence-corrected chi connectivity index (χ2v) is 7.00. The first-order valence-electron chi connectivity index (χ1n) is 9.16. The van der Waals surface area contributed by atoms with Crippen LogP contribution in [0, 0.1) is 12.7 Å². The second-order valence-electron chi connectivity index (χ2n) is 7.00. The monoisotopic (exact) mass is 382 g/mol. The molecule has 4 heterocycles. The maximum atomic E-state index is 14.5. The number of H-pyrrole nitrogens is 2. The SMILES string of the molecule is Cc1c(-c2cnc3[nH]c(=O)n(C[C@H]4COCCO4)c3c2)cc(F)c2[nH]ccc12. The summed E-state index contributed by atoms with van der Waals surface area (Å²) in [6.45, 7) is 3.85. The first-order valence-corrected chi connectivity index (χ1v) is 9.16. The summed E-state index contributed by atoms with van der Waals surface area (Å²) in [4.78, 5) is 22.5. The summed E-state index contributed by atoms with van der Waals surface area (Å²) in [6.07, 6.45) is 3.19. The minimum absolute atomic E-state index is 0.190. The van der Waals surface area contributed by atoms with Gasteiger partial charge in [0.2, 0.25) is 0 Å². The van der Waals surface area contributed by atoms with Crippen molar-refractivity contribution in [2.45, 2.75) is 19.6 Å². The first-order chi connectivity index (χ1) is 13.6. The lowest BCUT2D eigenvalue weighted by molar-refractivity contribution is -0.0934. The molecule has 0 amide bonds. The number of halogens is 1. The average Bonchev–Trinajstić information content (AvgIpc) is 3.31. The Hall–Kier alpha value is -2.97. The Morgan fingerprint density at radius 3 is 3.07 bits per heavy atom. The van der Waals surface area contributed by atoms with Crippen molar-refractivity contribution in [2.75, 3.05) is 19.8 Å². The number of imidazole rings is 1. The molecule has 0 spiro atoms. The number of aromatic amines is 2. The molecule has 1 saturated heterocycles. The Kier molecular flexibility index (Phi) is 4.03. The van der Waals surface area contributed by atoms with E-state index in [2.05, 4.69) is 15.0 Å². The zero-order valence-electron chi connectivity index (χ0n) is 15.3. The Morgan fingerprint density at radius 1 is 1.36 bits per heavy atom. The molecule has 0 saturated carbocycles. The van der Waals surface area contributed by atoms with Gasteiger partial charge in [0.25, 0.3) is 0 Å². The van der Waals surface area contributed by atoms with Gasteiger partial charge < -0.3 is 14.5 Å². The first kappa shape index (κ1) is 17.2. The van der Waals surface area contributed by atoms with Crippen LogP contribution in [0.5, 0.6) is 0 Å². The lowest BCUT2D eigenvalue weighted by Gasteiger charge is -2.23. The van der Waals surface area contributed by atoms with Gasteiger partial charge in [0.1, 0.15) is 5.82 Å². The Balaban J connectivity index is 1.62. The number of benzene rings is 1. The van der Waals surface area contributed by atoms with E-state index in [4.69, 9.17) is 9.47 Å². The summed E-state index contributed by atoms with van der Waals surface area (Å²) in [5, 5.41) is 0.828. The fourth-order valence-electron chi connectivity index (χ4n) is 3.84. The molecule has 1 fully saturated rings. The third kappa shape index (κ3) is 2.73. The van der Waals surface area contributed by atoms with Crippen LogP contribution in [0.15, 0.2) is 35.4 Å². The zero-order valence-corrected chi connectivity index (χ0v) is 15.3. The smallest absolute Gasteiger partial charge is 0.327 e. The van der Waals surface area contributed by atoms with Gasteiger partial charge in [-0.05, 0) is 36.2 Å². The van der Waals surface area contributed by atoms with Crippen molar-refractivity contribution < 1.29 is 13.9 Å². The third-order valence-electron chi connectivity index (χ3n) is 5.28. The van der Waals surface area contributed by atoms with Crippen LogP contribution < -0.4 is 5.69 Å². The van der Waals surface area contributed by atoms with Gasteiger partial charge in [0.15, 0.2) is 5.65 Å². The Labute approximate surface area is 159 Å². The minimum atomic E-state index is -0.320. The zero-order chi connectivity index (χ0) is 19.3. The molecule has 1 aliphatic rings. The van der Waals surface area contributed by atoms with Crippen LogP contribution in [0.2, 0.25) is 0 Å². The second kappa shape index (κ2) is 6.57. The third-order valence-corrected chi connectivity index (χ3v) is 5.28. The van der Waals surface area contributed by atoms with E-state index in [1.807, 2.05) is 19.1 Å². The van der Waals surface area contributed by atoms with E-state index in [9.17, 15) is 9.18 Å². The van der Waals surface area contributed by atoms with E-state index < -0.39 is 0 Å². The van der Waals surface area contributed by atoms with E-state index in [1.54, 1.807) is 17.0 Å². The molecule has 2 N–H and O–H groups in total. The highest BCUT2D eigenvalue weighted by molar-refractivity contribution is 5.91. The maximum absolute atomic E-state index is 14.5. The molecular weight excluding hydrogens is 363 g/mol. The van der Waals surface area contributed by atoms with E-state index in [0.717, 1.165) is 22.1 Å². The molecule has 7 nitrogen and oxygen atoms in total. The van der Waals surface area contributed by atoms with Crippen molar-refractivity contribution in [3.8, 4) is 11.1 Å². The van der Waals surface area contributed by atoms with Crippen LogP contribution in [0.1, 0.15) is 5.56 Å². The van der Waals surface area contributed by atoms with Crippen LogP contribution in [0.4, 0.5) is 4.39 Å². The molecule has 4 aromatic rings. The number of pyridine rings is 1. The Morgan fingerprint density at radius 2 is 2.25 bits per heavy atom. The highest BCUT2D eigenvalue weighted by Crippen LogP contribution is 2.32. The number of nitrogens with zero attached hydrogens (tertiary/aromatic N) is 2. The van der Waals surface area contributed by atoms with E-state index in [-0.39, 0.29) is 17.6 Å². The van der Waals surface area contributed by atoms with Gasteiger partial charge in [-0.25, -0.2) is 14.2 Å². The van der Waals surface area contributed by atoms with Crippen LogP contribution >= 0.6 is 0 Å². The topological polar surface area (TPSA) is 84.9 Å². The van der Waals surface area contributed by atoms with Crippen molar-refractivity contribution in [1.29, 1.82) is 0 Å². The van der Waals surface area contributed by atoms with Gasteiger partial charge in [-0.1, -0.05) is 0 Å². The largest absolute Gasteiger partial charge is 0.376 e. The van der Waals surface area contributed by atoms with E-state index in [1.165, 1.54) is 6.07 Å². The molecule has 0 unspecified atom stereocenters. The van der Waals surface area contributed by atoms with Gasteiger partial charge in [-0.3, -0.25) is 9.55 Å². The number of fused-ring (bicyclic) bond motifs is 2. The van der Waals surface area contributed by atoms with Gasteiger partial charge in [-0.15, -0.1) is 0 Å². The lowest BCUT2D eigenvalue weighted by Crippen LogP contribution is -2.34. The predicted octanol–water partition coefficient (Wildman–Crippen LogP) is 2.74. The molecule has 5 rings (SSSR count). The lowest BCUT2D eigenvalue weighted by atomic mass is 9.98. The molecule has 0 bridgehead atoms. The van der Waals surface area contributed by atoms with Gasteiger partial charge in [-0.2, -0.15) is 0 Å². The minimum Gasteiger partial charge on any atom is -0.376 e. The normalized spacial score (nSPS) is 17.6. The van der Waals surface area contributed by atoms with Gasteiger partial charge in [0.05, 0.1) is 43.5 Å². The molecule has 1 aliphatic heterocycles. The summed E-state index contributed by atoms with van der Waals surface area (Å²) < 4.78 is 27.2. The summed E-state index contributed by atoms with van der Waals surface area (Å²) in [5.41, 5.74) is 3.84. The molecular formula is C20H19FN4O3. The molecule has 28 heavy (non-hydrogen) atoms. The van der Waals surface area contributed by atoms with E-state index in [0.29, 0.717) is 43.0 Å². The van der Waals surface area contributed by atoms with Crippen molar-refractivity contribution in [1.82, 2.24) is 19.5 Å². The molecule has 8 heteroatoms. The molecule has 1 aromatic carbocycles. The fourth-order valence-corrected chi connectivity index (χ4v) is 3.84. The standard InChI is InChI=1S/C20H19FN4O3/c1-11-14-2-3-22-18(14)16(21)7-15(11)12-6-17-19(23-8-12)24-20(26)25(17)9-13-10-27-4-5-28-13/h2-3,6-8,13,22H,4-5,9-10H2,1H3,(H,23,24,26)/t13-/m0/s1. The van der Waals surface area contributed by atoms with Crippen molar-refractivity contribution in [3.63, 3.8) is 0 Å². The number of hydrogen-bond acceptors (Lipinski definition) is 4. The molecule has 1 atom stereocenters. The van der Waals surface area contributed by atoms with Crippen molar-refractivity contribution in [2.24, 2.45) is 0 Å². The summed E-state index contributed by atoms with van der Waals surface area (Å²) in [6, 6.07) is 5.23. The summed E-state index contributed by atoms with van der Waals surface area (Å²) >= 11 is 0. The molecule has 144 valence electrons. The number of rotatable bonds is 3. The number of ether oxygens (including phenoxy) is 2.